The summed E-state index contributed by atoms with van der Waals surface area (Å²) in [5.41, 5.74) is 0.162. The van der Waals surface area contributed by atoms with Crippen molar-refractivity contribution in [3.05, 3.63) is 38.3 Å². The van der Waals surface area contributed by atoms with Crippen LogP contribution in [0.2, 0.25) is 0 Å². The second-order valence-electron chi connectivity index (χ2n) is 4.77. The minimum Gasteiger partial charge on any atom is -0.316 e. The molecule has 0 aromatic carbocycles. The third-order valence-corrected chi connectivity index (χ3v) is 3.69. The molecule has 0 spiro atoms. The van der Waals surface area contributed by atoms with E-state index < -0.39 is 10.5 Å². The first kappa shape index (κ1) is 10.5. The highest BCUT2D eigenvalue weighted by Crippen LogP contribution is 2.32. The Labute approximate surface area is 97.4 Å². The average Bonchev–Trinajstić information content (AvgIpc) is 2.30. The molecule has 2 aliphatic heterocycles. The van der Waals surface area contributed by atoms with Gasteiger partial charge in [0.25, 0.3) is 0 Å². The molecule has 1 aromatic heterocycles. The number of pyridine rings is 1. The van der Waals surface area contributed by atoms with Gasteiger partial charge < -0.3 is 9.88 Å². The lowest BCUT2D eigenvalue weighted by molar-refractivity contribution is -0.386. The van der Waals surface area contributed by atoms with Crippen molar-refractivity contribution >= 4 is 5.69 Å². The monoisotopic (exact) mass is 235 g/mol. The highest BCUT2D eigenvalue weighted by molar-refractivity contribution is 5.31. The van der Waals surface area contributed by atoms with Gasteiger partial charge in [0.05, 0.1) is 4.92 Å². The van der Waals surface area contributed by atoms with Crippen LogP contribution in [-0.4, -0.2) is 22.6 Å². The third-order valence-electron chi connectivity index (χ3n) is 3.69. The summed E-state index contributed by atoms with van der Waals surface area (Å²) in [6.07, 6.45) is 1.07. The fourth-order valence-corrected chi connectivity index (χ4v) is 2.92. The Balaban J connectivity index is 2.15. The van der Waals surface area contributed by atoms with Crippen LogP contribution in [-0.2, 0) is 6.54 Å². The van der Waals surface area contributed by atoms with E-state index in [1.165, 1.54) is 6.07 Å². The Morgan fingerprint density at radius 2 is 2.24 bits per heavy atom. The first-order valence-corrected chi connectivity index (χ1v) is 5.75. The molecule has 3 rings (SSSR count). The van der Waals surface area contributed by atoms with Gasteiger partial charge in [-0.15, -0.1) is 0 Å². The summed E-state index contributed by atoms with van der Waals surface area (Å²) in [7, 11) is 0. The lowest BCUT2D eigenvalue weighted by Gasteiger charge is -2.37. The number of hydrogen-bond acceptors (Lipinski definition) is 4. The Kier molecular flexibility index (Phi) is 2.25. The molecule has 6 nitrogen and oxygen atoms in total. The molecule has 3 heterocycles. The molecule has 2 aliphatic rings. The lowest BCUT2D eigenvalue weighted by Crippen LogP contribution is -2.45. The van der Waals surface area contributed by atoms with E-state index in [4.69, 9.17) is 0 Å². The number of aromatic nitrogens is 1. The van der Waals surface area contributed by atoms with E-state index in [0.717, 1.165) is 25.2 Å². The number of nitrogens with one attached hydrogen (secondary N) is 1. The topological polar surface area (TPSA) is 77.2 Å². The molecule has 2 atom stereocenters. The first-order valence-electron chi connectivity index (χ1n) is 5.75. The van der Waals surface area contributed by atoms with Crippen molar-refractivity contribution in [2.45, 2.75) is 18.9 Å². The quantitative estimate of drug-likeness (QED) is 0.566. The van der Waals surface area contributed by atoms with Crippen molar-refractivity contribution in [1.82, 2.24) is 9.88 Å². The van der Waals surface area contributed by atoms with Crippen LogP contribution in [0, 0.1) is 16.0 Å². The predicted molar refractivity (Wildman–Crippen MR) is 61.1 cm³/mol. The molecule has 2 bridgehead atoms. The molecule has 1 aromatic rings. The summed E-state index contributed by atoms with van der Waals surface area (Å²) in [6, 6.07) is 3.07. The van der Waals surface area contributed by atoms with Crippen LogP contribution in [0.4, 0.5) is 5.69 Å². The van der Waals surface area contributed by atoms with Gasteiger partial charge in [-0.05, 0) is 24.9 Å². The number of rotatable bonds is 1. The predicted octanol–water partition coefficient (Wildman–Crippen LogP) is 0.463. The molecule has 0 aliphatic carbocycles. The second-order valence-corrected chi connectivity index (χ2v) is 4.77. The molecular formula is C11H13N3O3. The highest BCUT2D eigenvalue weighted by Gasteiger charge is 2.32. The molecule has 90 valence electrons. The number of nitro groups is 1. The number of hydrogen-bond donors (Lipinski definition) is 1. The summed E-state index contributed by atoms with van der Waals surface area (Å²) in [6.45, 7) is 2.35. The van der Waals surface area contributed by atoms with Crippen LogP contribution in [0.3, 0.4) is 0 Å². The Bertz CT molecular complexity index is 537. The van der Waals surface area contributed by atoms with E-state index in [2.05, 4.69) is 5.32 Å². The largest absolute Gasteiger partial charge is 0.334 e. The van der Waals surface area contributed by atoms with Gasteiger partial charge in [0.15, 0.2) is 0 Å². The van der Waals surface area contributed by atoms with Gasteiger partial charge in [-0.3, -0.25) is 14.9 Å². The zero-order valence-corrected chi connectivity index (χ0v) is 9.26. The van der Waals surface area contributed by atoms with Gasteiger partial charge in [0.1, 0.15) is 0 Å². The van der Waals surface area contributed by atoms with Crippen molar-refractivity contribution < 1.29 is 4.92 Å². The van der Waals surface area contributed by atoms with Gasteiger partial charge in [-0.2, -0.15) is 0 Å². The summed E-state index contributed by atoms with van der Waals surface area (Å²) in [5, 5.41) is 14.1. The average molecular weight is 235 g/mol. The van der Waals surface area contributed by atoms with Crippen LogP contribution in [0.5, 0.6) is 0 Å². The fourth-order valence-electron chi connectivity index (χ4n) is 2.92. The molecule has 1 fully saturated rings. The van der Waals surface area contributed by atoms with Gasteiger partial charge in [0, 0.05) is 30.8 Å². The smallest absolute Gasteiger partial charge is 0.316 e. The Morgan fingerprint density at radius 1 is 1.41 bits per heavy atom. The van der Waals surface area contributed by atoms with E-state index in [9.17, 15) is 14.9 Å². The van der Waals surface area contributed by atoms with Crippen molar-refractivity contribution in [2.24, 2.45) is 5.92 Å². The van der Waals surface area contributed by atoms with Gasteiger partial charge in [-0.1, -0.05) is 0 Å². The molecule has 1 saturated heterocycles. The zero-order valence-electron chi connectivity index (χ0n) is 9.26. The molecule has 0 unspecified atom stereocenters. The van der Waals surface area contributed by atoms with Crippen LogP contribution in [0.25, 0.3) is 0 Å². The third kappa shape index (κ3) is 1.56. The maximum Gasteiger partial charge on any atom is 0.334 e. The molecule has 0 saturated carbocycles. The number of fused-ring (bicyclic) bond motifs is 4. The lowest BCUT2D eigenvalue weighted by atomic mass is 9.84. The Morgan fingerprint density at radius 3 is 3.00 bits per heavy atom. The van der Waals surface area contributed by atoms with Crippen molar-refractivity contribution in [3.8, 4) is 0 Å². The van der Waals surface area contributed by atoms with Crippen molar-refractivity contribution in [2.75, 3.05) is 13.1 Å². The Hall–Kier alpha value is -1.69. The molecule has 0 radical (unpaired) electrons. The first-order chi connectivity index (χ1) is 8.16. The van der Waals surface area contributed by atoms with Gasteiger partial charge in [-0.25, -0.2) is 0 Å². The van der Waals surface area contributed by atoms with Gasteiger partial charge >= 0.3 is 11.2 Å². The van der Waals surface area contributed by atoms with Crippen LogP contribution >= 0.6 is 0 Å². The number of nitrogens with zero attached hydrogens (tertiary/aromatic N) is 2. The summed E-state index contributed by atoms with van der Waals surface area (Å²) < 4.78 is 1.60. The standard InChI is InChI=1S/C11H13N3O3/c15-11-10(14(16)17)2-1-9-8-3-7(4-12-5-8)6-13(9)11/h1-2,7-8,12H,3-6H2/t7-,8+/m0/s1. The van der Waals surface area contributed by atoms with E-state index in [0.29, 0.717) is 18.4 Å². The van der Waals surface area contributed by atoms with Crippen LogP contribution in [0.1, 0.15) is 18.0 Å². The minimum atomic E-state index is -0.599. The fraction of sp³-hybridized carbons (Fsp3) is 0.545. The minimum absolute atomic E-state index is 0.316. The molecule has 1 N–H and O–H groups in total. The molecule has 17 heavy (non-hydrogen) atoms. The van der Waals surface area contributed by atoms with Crippen molar-refractivity contribution in [1.29, 1.82) is 0 Å². The second kappa shape index (κ2) is 3.66. The van der Waals surface area contributed by atoms with Crippen LogP contribution < -0.4 is 10.9 Å². The maximum atomic E-state index is 12.0. The summed E-state index contributed by atoms with van der Waals surface area (Å²) in [5.74, 6) is 0.733. The van der Waals surface area contributed by atoms with E-state index in [-0.39, 0.29) is 5.69 Å². The SMILES string of the molecule is O=c1c([N+](=O)[O-])ccc2n1C[C@@H]1CNC[C@H]2C1. The van der Waals surface area contributed by atoms with E-state index >= 15 is 0 Å². The summed E-state index contributed by atoms with van der Waals surface area (Å²) in [4.78, 5) is 22.1. The normalized spacial score (nSPS) is 26.4. The van der Waals surface area contributed by atoms with Gasteiger partial charge in [0.2, 0.25) is 0 Å². The molecular weight excluding hydrogens is 222 g/mol. The zero-order chi connectivity index (χ0) is 12.0. The highest BCUT2D eigenvalue weighted by atomic mass is 16.6. The van der Waals surface area contributed by atoms with E-state index in [1.54, 1.807) is 10.6 Å². The van der Waals surface area contributed by atoms with Crippen molar-refractivity contribution in [3.63, 3.8) is 0 Å². The maximum absolute atomic E-state index is 12.0. The molecule has 6 heteroatoms. The summed E-state index contributed by atoms with van der Waals surface area (Å²) >= 11 is 0. The number of piperidine rings is 1. The molecule has 0 amide bonds. The van der Waals surface area contributed by atoms with E-state index in [1.807, 2.05) is 0 Å². The van der Waals surface area contributed by atoms with Crippen LogP contribution in [0.15, 0.2) is 16.9 Å².